The van der Waals surface area contributed by atoms with Gasteiger partial charge >= 0.3 is 12.5 Å². The quantitative estimate of drug-likeness (QED) is 0.603. The molecule has 1 amide bonds. The largest absolute Gasteiger partial charge is 0.573 e. The molecule has 2 unspecified atom stereocenters. The Kier molecular flexibility index (Phi) is 7.10. The van der Waals surface area contributed by atoms with Crippen LogP contribution < -0.4 is 10.1 Å². The first-order valence-electron chi connectivity index (χ1n) is 7.70. The van der Waals surface area contributed by atoms with Crippen LogP contribution in [0.3, 0.4) is 0 Å². The fourth-order valence-corrected chi connectivity index (χ4v) is 1.97. The van der Waals surface area contributed by atoms with Crippen molar-refractivity contribution in [1.29, 1.82) is 0 Å². The molecule has 0 saturated heterocycles. The molecular formula is C16H22F3NO6. The van der Waals surface area contributed by atoms with Crippen LogP contribution in [-0.4, -0.2) is 46.0 Å². The van der Waals surface area contributed by atoms with E-state index in [1.807, 2.05) is 0 Å². The van der Waals surface area contributed by atoms with Gasteiger partial charge < -0.3 is 30.1 Å². The molecule has 1 rings (SSSR count). The number of hydrogen-bond donors (Lipinski definition) is 4. The van der Waals surface area contributed by atoms with E-state index in [0.717, 1.165) is 12.1 Å². The van der Waals surface area contributed by atoms with Crippen molar-refractivity contribution in [2.45, 2.75) is 51.4 Å². The standard InChI is InChI=1S/C16H22F3NO6/c1-15(2,3)26-14(24)20-7-6-11(21)13(23)10-5-4-9(8-12(10)22)25-16(17,18)19/h4-5,8,11,13,21-23H,6-7H2,1-3H3,(H,20,24). The third-order valence-corrected chi connectivity index (χ3v) is 3.03. The van der Waals surface area contributed by atoms with Gasteiger partial charge in [0.05, 0.1) is 6.10 Å². The molecule has 0 heterocycles. The monoisotopic (exact) mass is 381 g/mol. The lowest BCUT2D eigenvalue weighted by atomic mass is 10.0. The van der Waals surface area contributed by atoms with Crippen LogP contribution in [0.5, 0.6) is 11.5 Å². The zero-order valence-corrected chi connectivity index (χ0v) is 14.5. The maximum Gasteiger partial charge on any atom is 0.573 e. The van der Waals surface area contributed by atoms with E-state index >= 15 is 0 Å². The second-order valence-corrected chi connectivity index (χ2v) is 6.50. The molecule has 0 aliphatic heterocycles. The molecule has 0 spiro atoms. The minimum Gasteiger partial charge on any atom is -0.507 e. The first kappa shape index (κ1) is 21.8. The lowest BCUT2D eigenvalue weighted by molar-refractivity contribution is -0.274. The molecular weight excluding hydrogens is 359 g/mol. The second kappa shape index (κ2) is 8.45. The van der Waals surface area contributed by atoms with Crippen molar-refractivity contribution in [3.05, 3.63) is 23.8 Å². The normalized spacial score (nSPS) is 14.5. The second-order valence-electron chi connectivity index (χ2n) is 6.50. The van der Waals surface area contributed by atoms with Crippen molar-refractivity contribution in [2.75, 3.05) is 6.54 Å². The molecule has 7 nitrogen and oxygen atoms in total. The number of carbonyl (C=O) groups is 1. The molecule has 0 saturated carbocycles. The number of phenolic OH excluding ortho intramolecular Hbond substituents is 1. The van der Waals surface area contributed by atoms with Crippen LogP contribution in [0.2, 0.25) is 0 Å². The molecule has 1 aromatic carbocycles. The van der Waals surface area contributed by atoms with E-state index in [1.165, 1.54) is 0 Å². The van der Waals surface area contributed by atoms with E-state index in [9.17, 15) is 33.3 Å². The molecule has 0 aromatic heterocycles. The zero-order valence-electron chi connectivity index (χ0n) is 14.5. The Morgan fingerprint density at radius 2 is 1.85 bits per heavy atom. The zero-order chi connectivity index (χ0) is 20.1. The lowest BCUT2D eigenvalue weighted by Gasteiger charge is -2.22. The third kappa shape index (κ3) is 7.79. The number of ether oxygens (including phenoxy) is 2. The Hall–Kier alpha value is -2.20. The highest BCUT2D eigenvalue weighted by atomic mass is 19.4. The number of benzene rings is 1. The first-order valence-corrected chi connectivity index (χ1v) is 7.70. The van der Waals surface area contributed by atoms with Gasteiger partial charge in [-0.3, -0.25) is 0 Å². The van der Waals surface area contributed by atoms with Gasteiger partial charge in [-0.05, 0) is 39.3 Å². The van der Waals surface area contributed by atoms with Gasteiger partial charge in [0.25, 0.3) is 0 Å². The molecule has 10 heteroatoms. The minimum atomic E-state index is -4.92. The van der Waals surface area contributed by atoms with Crippen LogP contribution >= 0.6 is 0 Å². The molecule has 148 valence electrons. The van der Waals surface area contributed by atoms with Gasteiger partial charge in [0.2, 0.25) is 0 Å². The number of nitrogens with one attached hydrogen (secondary N) is 1. The topological polar surface area (TPSA) is 108 Å². The summed E-state index contributed by atoms with van der Waals surface area (Å²) >= 11 is 0. The van der Waals surface area contributed by atoms with Gasteiger partial charge in [0, 0.05) is 18.2 Å². The number of phenols is 1. The van der Waals surface area contributed by atoms with Gasteiger partial charge in [0.1, 0.15) is 23.2 Å². The molecule has 0 fully saturated rings. The minimum absolute atomic E-state index is 0.0246. The Morgan fingerprint density at radius 1 is 1.23 bits per heavy atom. The number of aliphatic hydroxyl groups excluding tert-OH is 2. The molecule has 0 aliphatic rings. The SMILES string of the molecule is CC(C)(C)OC(=O)NCCC(O)C(O)c1ccc(OC(F)(F)F)cc1O. The van der Waals surface area contributed by atoms with E-state index in [0.29, 0.717) is 6.07 Å². The van der Waals surface area contributed by atoms with E-state index < -0.39 is 41.8 Å². The number of carbonyl (C=O) groups excluding carboxylic acids is 1. The number of rotatable bonds is 6. The number of alkyl carbamates (subject to hydrolysis) is 1. The van der Waals surface area contributed by atoms with Crippen molar-refractivity contribution >= 4 is 6.09 Å². The van der Waals surface area contributed by atoms with Crippen LogP contribution in [-0.2, 0) is 4.74 Å². The van der Waals surface area contributed by atoms with E-state index in [-0.39, 0.29) is 18.5 Å². The number of amides is 1. The van der Waals surface area contributed by atoms with Crippen LogP contribution in [0, 0.1) is 0 Å². The van der Waals surface area contributed by atoms with Crippen molar-refractivity contribution in [2.24, 2.45) is 0 Å². The summed E-state index contributed by atoms with van der Waals surface area (Å²) in [5.74, 6) is -1.33. The fraction of sp³-hybridized carbons (Fsp3) is 0.562. The summed E-state index contributed by atoms with van der Waals surface area (Å²) in [5.41, 5.74) is -0.863. The summed E-state index contributed by atoms with van der Waals surface area (Å²) in [6, 6.07) is 2.58. The molecule has 2 atom stereocenters. The van der Waals surface area contributed by atoms with Crippen molar-refractivity contribution in [3.8, 4) is 11.5 Å². The Balaban J connectivity index is 2.60. The number of hydrogen-bond acceptors (Lipinski definition) is 6. The van der Waals surface area contributed by atoms with Gasteiger partial charge in [-0.1, -0.05) is 0 Å². The third-order valence-electron chi connectivity index (χ3n) is 3.03. The predicted molar refractivity (Wildman–Crippen MR) is 84.6 cm³/mol. The van der Waals surface area contributed by atoms with Crippen LogP contribution in [0.15, 0.2) is 18.2 Å². The van der Waals surface area contributed by atoms with E-state index in [4.69, 9.17) is 4.74 Å². The maximum atomic E-state index is 12.1. The van der Waals surface area contributed by atoms with Crippen molar-refractivity contribution in [1.82, 2.24) is 5.32 Å². The Labute approximate surface area is 148 Å². The highest BCUT2D eigenvalue weighted by Gasteiger charge is 2.31. The van der Waals surface area contributed by atoms with Crippen LogP contribution in [0.4, 0.5) is 18.0 Å². The average molecular weight is 381 g/mol. The maximum absolute atomic E-state index is 12.1. The molecule has 0 radical (unpaired) electrons. The molecule has 1 aromatic rings. The summed E-state index contributed by atoms with van der Waals surface area (Å²) in [4.78, 5) is 11.5. The van der Waals surface area contributed by atoms with Gasteiger partial charge in [0.15, 0.2) is 0 Å². The molecule has 4 N–H and O–H groups in total. The summed E-state index contributed by atoms with van der Waals surface area (Å²) in [7, 11) is 0. The summed E-state index contributed by atoms with van der Waals surface area (Å²) in [6.07, 6.45) is -8.66. The average Bonchev–Trinajstić information content (AvgIpc) is 2.42. The summed E-state index contributed by atoms with van der Waals surface area (Å²) < 4.78 is 45.0. The number of aromatic hydroxyl groups is 1. The molecule has 26 heavy (non-hydrogen) atoms. The van der Waals surface area contributed by atoms with E-state index in [1.54, 1.807) is 20.8 Å². The first-order chi connectivity index (χ1) is 11.8. The smallest absolute Gasteiger partial charge is 0.507 e. The van der Waals surface area contributed by atoms with Crippen LogP contribution in [0.25, 0.3) is 0 Å². The van der Waals surface area contributed by atoms with Gasteiger partial charge in [-0.2, -0.15) is 0 Å². The predicted octanol–water partition coefficient (Wildman–Crippen LogP) is 2.60. The van der Waals surface area contributed by atoms with Crippen molar-refractivity contribution in [3.63, 3.8) is 0 Å². The summed E-state index contributed by atoms with van der Waals surface area (Å²) in [6.45, 7) is 5.02. The highest BCUT2D eigenvalue weighted by Crippen LogP contribution is 2.33. The summed E-state index contributed by atoms with van der Waals surface area (Å²) in [5, 5.41) is 32.1. The number of halogens is 3. The lowest BCUT2D eigenvalue weighted by Crippen LogP contribution is -2.34. The van der Waals surface area contributed by atoms with Gasteiger partial charge in [-0.15, -0.1) is 13.2 Å². The highest BCUT2D eigenvalue weighted by molar-refractivity contribution is 5.67. The number of alkyl halides is 3. The molecule has 0 aliphatic carbocycles. The Morgan fingerprint density at radius 3 is 2.35 bits per heavy atom. The Bertz CT molecular complexity index is 615. The van der Waals surface area contributed by atoms with E-state index in [2.05, 4.69) is 10.1 Å². The van der Waals surface area contributed by atoms with Crippen LogP contribution in [0.1, 0.15) is 38.9 Å². The number of aliphatic hydroxyl groups is 2. The molecule has 0 bridgehead atoms. The fourth-order valence-electron chi connectivity index (χ4n) is 1.97. The van der Waals surface area contributed by atoms with Gasteiger partial charge in [-0.25, -0.2) is 4.79 Å². The van der Waals surface area contributed by atoms with Crippen molar-refractivity contribution < 1.29 is 42.8 Å².